The Bertz CT molecular complexity index is 969. The molecule has 32 heavy (non-hydrogen) atoms. The van der Waals surface area contributed by atoms with Crippen LogP contribution < -0.4 is 20.9 Å². The number of anilines is 3. The average molecular weight is 441 g/mol. The second-order valence-electron chi connectivity index (χ2n) is 7.61. The van der Waals surface area contributed by atoms with Crippen LogP contribution in [0.3, 0.4) is 0 Å². The van der Waals surface area contributed by atoms with Gasteiger partial charge in [0, 0.05) is 36.1 Å². The Kier molecular flexibility index (Phi) is 7.67. The first-order valence-corrected chi connectivity index (χ1v) is 10.4. The molecule has 0 saturated carbocycles. The molecule has 0 radical (unpaired) electrons. The number of rotatable bonds is 6. The van der Waals surface area contributed by atoms with E-state index in [2.05, 4.69) is 20.9 Å². The Hall–Kier alpha value is -3.59. The van der Waals surface area contributed by atoms with Gasteiger partial charge in [0.2, 0.25) is 0 Å². The number of urea groups is 1. The molecule has 2 aromatic rings. The normalized spacial score (nSPS) is 13.4. The lowest BCUT2D eigenvalue weighted by Gasteiger charge is -2.29. The number of carbonyl (C=O) groups is 3. The highest BCUT2D eigenvalue weighted by atomic mass is 16.5. The quantitative estimate of drug-likeness (QED) is 0.596. The van der Waals surface area contributed by atoms with Gasteiger partial charge in [-0.15, -0.1) is 0 Å². The lowest BCUT2D eigenvalue weighted by molar-refractivity contribution is 0.0602. The number of esters is 1. The topological polar surface area (TPSA) is 109 Å². The zero-order valence-electron chi connectivity index (χ0n) is 18.4. The summed E-state index contributed by atoms with van der Waals surface area (Å²) in [6, 6.07) is 11.4. The van der Waals surface area contributed by atoms with Crippen molar-refractivity contribution in [3.05, 3.63) is 53.6 Å². The molecule has 3 rings (SSSR count). The third-order valence-corrected chi connectivity index (χ3v) is 4.86. The minimum atomic E-state index is -0.536. The summed E-state index contributed by atoms with van der Waals surface area (Å²) in [6.45, 7) is 6.42. The zero-order chi connectivity index (χ0) is 23.1. The first-order chi connectivity index (χ1) is 15.4. The van der Waals surface area contributed by atoms with E-state index in [1.54, 1.807) is 36.4 Å². The zero-order valence-corrected chi connectivity index (χ0v) is 18.4. The van der Waals surface area contributed by atoms with Crippen LogP contribution in [-0.4, -0.2) is 57.4 Å². The van der Waals surface area contributed by atoms with Gasteiger partial charge in [-0.1, -0.05) is 0 Å². The van der Waals surface area contributed by atoms with Crippen LogP contribution in [0.4, 0.5) is 21.9 Å². The van der Waals surface area contributed by atoms with E-state index in [0.717, 1.165) is 18.8 Å². The number of ether oxygens (including phenoxy) is 2. The van der Waals surface area contributed by atoms with Gasteiger partial charge >= 0.3 is 12.0 Å². The van der Waals surface area contributed by atoms with Crippen molar-refractivity contribution in [1.29, 1.82) is 0 Å². The number of nitrogens with zero attached hydrogens (tertiary/aromatic N) is 1. The molecule has 3 amide bonds. The van der Waals surface area contributed by atoms with Gasteiger partial charge in [-0.2, -0.15) is 0 Å². The molecule has 1 heterocycles. The van der Waals surface area contributed by atoms with Crippen LogP contribution in [0.5, 0.6) is 0 Å². The van der Waals surface area contributed by atoms with Crippen molar-refractivity contribution < 1.29 is 23.9 Å². The molecule has 0 atom stereocenters. The van der Waals surface area contributed by atoms with Crippen LogP contribution in [0.1, 0.15) is 34.6 Å². The van der Waals surface area contributed by atoms with Crippen LogP contribution in [0, 0.1) is 0 Å². The van der Waals surface area contributed by atoms with E-state index in [0.29, 0.717) is 30.2 Å². The van der Waals surface area contributed by atoms with Gasteiger partial charge in [0.25, 0.3) is 5.91 Å². The molecule has 0 aliphatic carbocycles. The van der Waals surface area contributed by atoms with E-state index >= 15 is 0 Å². The summed E-state index contributed by atoms with van der Waals surface area (Å²) in [7, 11) is 1.30. The molecular weight excluding hydrogens is 412 g/mol. The van der Waals surface area contributed by atoms with Gasteiger partial charge in [0.05, 0.1) is 31.6 Å². The summed E-state index contributed by atoms with van der Waals surface area (Å²) >= 11 is 0. The van der Waals surface area contributed by atoms with E-state index in [1.165, 1.54) is 7.11 Å². The van der Waals surface area contributed by atoms with Crippen molar-refractivity contribution in [3.63, 3.8) is 0 Å². The molecule has 1 aliphatic rings. The maximum atomic E-state index is 12.8. The molecule has 0 unspecified atom stereocenters. The first kappa shape index (κ1) is 23.1. The van der Waals surface area contributed by atoms with E-state index in [9.17, 15) is 14.4 Å². The summed E-state index contributed by atoms with van der Waals surface area (Å²) in [5, 5.41) is 8.21. The smallest absolute Gasteiger partial charge is 0.340 e. The summed E-state index contributed by atoms with van der Waals surface area (Å²) in [6.07, 6.45) is 0. The standard InChI is InChI=1S/C23H28N4O5/c1-15(2)24-23(30)25-17-6-4-16(5-7-17)21(28)26-20-9-8-18(14-19(20)22(29)31-3)27-10-12-32-13-11-27/h4-9,14-15H,10-13H2,1-3H3,(H,26,28)(H2,24,25,30). The molecule has 170 valence electrons. The summed E-state index contributed by atoms with van der Waals surface area (Å²) in [5.74, 6) is -0.918. The average Bonchev–Trinajstić information content (AvgIpc) is 2.79. The monoisotopic (exact) mass is 440 g/mol. The lowest BCUT2D eigenvalue weighted by Crippen LogP contribution is -2.36. The summed E-state index contributed by atoms with van der Waals surface area (Å²) in [5.41, 5.74) is 2.44. The summed E-state index contributed by atoms with van der Waals surface area (Å²) in [4.78, 5) is 39.0. The Morgan fingerprint density at radius 2 is 1.69 bits per heavy atom. The molecule has 3 N–H and O–H groups in total. The van der Waals surface area contributed by atoms with Gasteiger partial charge in [-0.3, -0.25) is 4.79 Å². The largest absolute Gasteiger partial charge is 0.465 e. The van der Waals surface area contributed by atoms with Crippen molar-refractivity contribution in [3.8, 4) is 0 Å². The molecule has 0 bridgehead atoms. The van der Waals surface area contributed by atoms with E-state index < -0.39 is 5.97 Å². The first-order valence-electron chi connectivity index (χ1n) is 10.4. The van der Waals surface area contributed by atoms with Crippen molar-refractivity contribution in [2.75, 3.05) is 48.9 Å². The number of hydrogen-bond acceptors (Lipinski definition) is 6. The predicted octanol–water partition coefficient (Wildman–Crippen LogP) is 3.09. The lowest BCUT2D eigenvalue weighted by atomic mass is 10.1. The molecule has 1 aliphatic heterocycles. The Morgan fingerprint density at radius 1 is 1.00 bits per heavy atom. The minimum Gasteiger partial charge on any atom is -0.465 e. The molecule has 2 aromatic carbocycles. The highest BCUT2D eigenvalue weighted by molar-refractivity contribution is 6.08. The Labute approximate surface area is 187 Å². The number of nitrogens with one attached hydrogen (secondary N) is 3. The fraction of sp³-hybridized carbons (Fsp3) is 0.348. The van der Waals surface area contributed by atoms with Crippen molar-refractivity contribution >= 4 is 35.0 Å². The molecule has 0 aromatic heterocycles. The molecular formula is C23H28N4O5. The van der Waals surface area contributed by atoms with E-state index in [4.69, 9.17) is 9.47 Å². The minimum absolute atomic E-state index is 0.0127. The van der Waals surface area contributed by atoms with Crippen molar-refractivity contribution in [2.24, 2.45) is 0 Å². The van der Waals surface area contributed by atoms with Crippen LogP contribution in [0.25, 0.3) is 0 Å². The Morgan fingerprint density at radius 3 is 2.31 bits per heavy atom. The van der Waals surface area contributed by atoms with Crippen LogP contribution >= 0.6 is 0 Å². The maximum Gasteiger partial charge on any atom is 0.340 e. The highest BCUT2D eigenvalue weighted by Crippen LogP contribution is 2.25. The number of morpholine rings is 1. The third-order valence-electron chi connectivity index (χ3n) is 4.86. The molecule has 9 nitrogen and oxygen atoms in total. The number of hydrogen-bond donors (Lipinski definition) is 3. The fourth-order valence-electron chi connectivity index (χ4n) is 3.27. The fourth-order valence-corrected chi connectivity index (χ4v) is 3.27. The second kappa shape index (κ2) is 10.6. The van der Waals surface area contributed by atoms with Gasteiger partial charge in [-0.25, -0.2) is 9.59 Å². The maximum absolute atomic E-state index is 12.8. The van der Waals surface area contributed by atoms with Gasteiger partial charge in [0.15, 0.2) is 0 Å². The molecule has 9 heteroatoms. The number of methoxy groups -OCH3 is 1. The second-order valence-corrected chi connectivity index (χ2v) is 7.61. The van der Waals surface area contributed by atoms with Crippen LogP contribution in [0.2, 0.25) is 0 Å². The summed E-state index contributed by atoms with van der Waals surface area (Å²) < 4.78 is 10.3. The van der Waals surface area contributed by atoms with Crippen LogP contribution in [0.15, 0.2) is 42.5 Å². The molecule has 0 spiro atoms. The Balaban J connectivity index is 1.73. The highest BCUT2D eigenvalue weighted by Gasteiger charge is 2.19. The number of benzene rings is 2. The van der Waals surface area contributed by atoms with Gasteiger partial charge < -0.3 is 30.3 Å². The van der Waals surface area contributed by atoms with E-state index in [-0.39, 0.29) is 23.5 Å². The number of amides is 3. The molecule has 1 fully saturated rings. The van der Waals surface area contributed by atoms with Crippen LogP contribution in [-0.2, 0) is 9.47 Å². The predicted molar refractivity (Wildman–Crippen MR) is 122 cm³/mol. The van der Waals surface area contributed by atoms with Crippen molar-refractivity contribution in [1.82, 2.24) is 5.32 Å². The van der Waals surface area contributed by atoms with Gasteiger partial charge in [0.1, 0.15) is 0 Å². The third kappa shape index (κ3) is 5.98. The van der Waals surface area contributed by atoms with Gasteiger partial charge in [-0.05, 0) is 56.3 Å². The SMILES string of the molecule is COC(=O)c1cc(N2CCOCC2)ccc1NC(=O)c1ccc(NC(=O)NC(C)C)cc1. The van der Waals surface area contributed by atoms with Crippen molar-refractivity contribution in [2.45, 2.75) is 19.9 Å². The molecule has 1 saturated heterocycles. The van der Waals surface area contributed by atoms with E-state index in [1.807, 2.05) is 19.9 Å². The number of carbonyl (C=O) groups excluding carboxylic acids is 3.